The van der Waals surface area contributed by atoms with E-state index in [-0.39, 0.29) is 0 Å². The summed E-state index contributed by atoms with van der Waals surface area (Å²) in [5.41, 5.74) is 3.71. The van der Waals surface area contributed by atoms with Crippen LogP contribution in [0, 0.1) is 6.92 Å². The summed E-state index contributed by atoms with van der Waals surface area (Å²) in [6.45, 7) is 11.6. The third-order valence-electron chi connectivity index (χ3n) is 3.06. The van der Waals surface area contributed by atoms with Gasteiger partial charge in [-0.25, -0.2) is 0 Å². The fourth-order valence-corrected chi connectivity index (χ4v) is 1.91. The fraction of sp³-hybridized carbons (Fsp3) is 0.533. The van der Waals surface area contributed by atoms with E-state index < -0.39 is 0 Å². The van der Waals surface area contributed by atoms with Gasteiger partial charge >= 0.3 is 0 Å². The minimum atomic E-state index is 0.358. The van der Waals surface area contributed by atoms with Crippen LogP contribution in [-0.2, 0) is 0 Å². The van der Waals surface area contributed by atoms with Crippen LogP contribution in [0.4, 0.5) is 0 Å². The molecule has 1 N–H and O–H groups in total. The average molecular weight is 232 g/mol. The second kappa shape index (κ2) is 7.23. The molecule has 1 aromatic rings. The van der Waals surface area contributed by atoms with Gasteiger partial charge in [0.15, 0.2) is 0 Å². The van der Waals surface area contributed by atoms with E-state index in [0.717, 1.165) is 31.5 Å². The molecule has 17 heavy (non-hydrogen) atoms. The molecule has 0 aliphatic carbocycles. The van der Waals surface area contributed by atoms with Crippen LogP contribution in [0.25, 0.3) is 0 Å². The highest BCUT2D eigenvalue weighted by Gasteiger charge is 2.13. The predicted octanol–water partition coefficient (Wildman–Crippen LogP) is 3.79. The third kappa shape index (κ3) is 4.31. The zero-order chi connectivity index (χ0) is 12.7. The summed E-state index contributed by atoms with van der Waals surface area (Å²) in [6.07, 6.45) is 5.05. The van der Waals surface area contributed by atoms with Gasteiger partial charge in [0.25, 0.3) is 0 Å². The molecule has 0 aliphatic rings. The number of aryl methyl sites for hydroxylation is 1. The van der Waals surface area contributed by atoms with Crippen molar-refractivity contribution >= 4 is 0 Å². The van der Waals surface area contributed by atoms with Crippen molar-refractivity contribution in [2.24, 2.45) is 0 Å². The van der Waals surface area contributed by atoms with E-state index in [1.807, 2.05) is 12.3 Å². The van der Waals surface area contributed by atoms with Crippen molar-refractivity contribution in [2.75, 3.05) is 6.54 Å². The van der Waals surface area contributed by atoms with Crippen LogP contribution in [0.3, 0.4) is 0 Å². The van der Waals surface area contributed by atoms with Gasteiger partial charge in [-0.2, -0.15) is 0 Å². The molecule has 0 amide bonds. The lowest BCUT2D eigenvalue weighted by molar-refractivity contribution is 0.520. The van der Waals surface area contributed by atoms with Gasteiger partial charge in [-0.05, 0) is 44.4 Å². The van der Waals surface area contributed by atoms with Crippen LogP contribution >= 0.6 is 0 Å². The van der Waals surface area contributed by atoms with Crippen molar-refractivity contribution in [2.45, 2.75) is 46.1 Å². The summed E-state index contributed by atoms with van der Waals surface area (Å²) in [5, 5.41) is 3.59. The Hall–Kier alpha value is -1.15. The van der Waals surface area contributed by atoms with Crippen LogP contribution < -0.4 is 5.32 Å². The molecular weight excluding hydrogens is 208 g/mol. The average Bonchev–Trinajstić information content (AvgIpc) is 2.35. The topological polar surface area (TPSA) is 24.9 Å². The number of hydrogen-bond acceptors (Lipinski definition) is 2. The Kier molecular flexibility index (Phi) is 5.92. The van der Waals surface area contributed by atoms with Crippen molar-refractivity contribution in [3.63, 3.8) is 0 Å². The summed E-state index contributed by atoms with van der Waals surface area (Å²) in [4.78, 5) is 4.37. The first-order valence-electron chi connectivity index (χ1n) is 6.50. The number of pyridine rings is 1. The second-order valence-electron chi connectivity index (χ2n) is 4.49. The molecule has 0 radical (unpaired) electrons. The molecule has 1 aromatic heterocycles. The van der Waals surface area contributed by atoms with Crippen LogP contribution in [0.5, 0.6) is 0 Å². The van der Waals surface area contributed by atoms with E-state index >= 15 is 0 Å². The van der Waals surface area contributed by atoms with Gasteiger partial charge in [-0.3, -0.25) is 4.98 Å². The SMILES string of the molecule is C=C(CC)CC(NCCC)c1cccnc1C. The maximum atomic E-state index is 4.37. The molecule has 1 unspecified atom stereocenters. The Labute approximate surface area is 105 Å². The van der Waals surface area contributed by atoms with Crippen LogP contribution in [0.15, 0.2) is 30.5 Å². The highest BCUT2D eigenvalue weighted by molar-refractivity contribution is 5.24. The molecule has 1 atom stereocenters. The number of hydrogen-bond donors (Lipinski definition) is 1. The normalized spacial score (nSPS) is 12.4. The van der Waals surface area contributed by atoms with Crippen LogP contribution in [0.2, 0.25) is 0 Å². The van der Waals surface area contributed by atoms with Gasteiger partial charge in [0.05, 0.1) is 0 Å². The van der Waals surface area contributed by atoms with Gasteiger partial charge < -0.3 is 5.32 Å². The highest BCUT2D eigenvalue weighted by Crippen LogP contribution is 2.23. The lowest BCUT2D eigenvalue weighted by Gasteiger charge is -2.21. The van der Waals surface area contributed by atoms with Crippen LogP contribution in [-0.4, -0.2) is 11.5 Å². The van der Waals surface area contributed by atoms with Crippen molar-refractivity contribution in [1.82, 2.24) is 10.3 Å². The Morgan fingerprint density at radius 2 is 2.24 bits per heavy atom. The standard InChI is InChI=1S/C15H24N2/c1-5-9-17-15(11-12(3)6-2)14-8-7-10-16-13(14)4/h7-8,10,15,17H,3,5-6,9,11H2,1-2,4H3. The number of rotatable bonds is 7. The molecule has 0 saturated carbocycles. The lowest BCUT2D eigenvalue weighted by Crippen LogP contribution is -2.23. The van der Waals surface area contributed by atoms with E-state index in [0.29, 0.717) is 6.04 Å². The molecule has 2 nitrogen and oxygen atoms in total. The maximum absolute atomic E-state index is 4.37. The van der Waals surface area contributed by atoms with Crippen molar-refractivity contribution in [3.05, 3.63) is 41.7 Å². The smallest absolute Gasteiger partial charge is 0.0420 e. The van der Waals surface area contributed by atoms with Gasteiger partial charge in [0.1, 0.15) is 0 Å². The molecule has 0 aliphatic heterocycles. The fourth-order valence-electron chi connectivity index (χ4n) is 1.91. The van der Waals surface area contributed by atoms with Crippen molar-refractivity contribution < 1.29 is 0 Å². The number of aromatic nitrogens is 1. The van der Waals surface area contributed by atoms with Gasteiger partial charge in [-0.1, -0.05) is 32.1 Å². The summed E-state index contributed by atoms with van der Waals surface area (Å²) in [7, 11) is 0. The van der Waals surface area contributed by atoms with Gasteiger partial charge in [-0.15, -0.1) is 0 Å². The summed E-state index contributed by atoms with van der Waals surface area (Å²) < 4.78 is 0. The molecule has 0 bridgehead atoms. The molecule has 0 fully saturated rings. The first-order chi connectivity index (χ1) is 8.19. The van der Waals surface area contributed by atoms with Crippen molar-refractivity contribution in [3.8, 4) is 0 Å². The van der Waals surface area contributed by atoms with E-state index in [2.05, 4.69) is 43.7 Å². The first kappa shape index (κ1) is 13.9. The van der Waals surface area contributed by atoms with Gasteiger partial charge in [0.2, 0.25) is 0 Å². The minimum Gasteiger partial charge on any atom is -0.310 e. The maximum Gasteiger partial charge on any atom is 0.0420 e. The Morgan fingerprint density at radius 1 is 1.47 bits per heavy atom. The molecule has 0 spiro atoms. The quantitative estimate of drug-likeness (QED) is 0.724. The van der Waals surface area contributed by atoms with Gasteiger partial charge in [0, 0.05) is 17.9 Å². The number of nitrogens with zero attached hydrogens (tertiary/aromatic N) is 1. The monoisotopic (exact) mass is 232 g/mol. The minimum absolute atomic E-state index is 0.358. The van der Waals surface area contributed by atoms with E-state index in [4.69, 9.17) is 0 Å². The molecule has 0 aromatic carbocycles. The highest BCUT2D eigenvalue weighted by atomic mass is 14.9. The Bertz CT molecular complexity index is 358. The van der Waals surface area contributed by atoms with E-state index in [1.54, 1.807) is 0 Å². The zero-order valence-electron chi connectivity index (χ0n) is 11.3. The molecular formula is C15H24N2. The van der Waals surface area contributed by atoms with E-state index in [9.17, 15) is 0 Å². The zero-order valence-corrected chi connectivity index (χ0v) is 11.3. The summed E-state index contributed by atoms with van der Waals surface area (Å²) >= 11 is 0. The van der Waals surface area contributed by atoms with Crippen molar-refractivity contribution in [1.29, 1.82) is 0 Å². The van der Waals surface area contributed by atoms with E-state index in [1.165, 1.54) is 11.1 Å². The molecule has 1 heterocycles. The lowest BCUT2D eigenvalue weighted by atomic mass is 9.97. The first-order valence-corrected chi connectivity index (χ1v) is 6.50. The second-order valence-corrected chi connectivity index (χ2v) is 4.49. The Balaban J connectivity index is 2.81. The molecule has 0 saturated heterocycles. The Morgan fingerprint density at radius 3 is 2.82 bits per heavy atom. The largest absolute Gasteiger partial charge is 0.310 e. The molecule has 2 heteroatoms. The summed E-state index contributed by atoms with van der Waals surface area (Å²) in [6, 6.07) is 4.53. The third-order valence-corrected chi connectivity index (χ3v) is 3.06. The molecule has 94 valence electrons. The predicted molar refractivity (Wildman–Crippen MR) is 74.1 cm³/mol. The summed E-state index contributed by atoms with van der Waals surface area (Å²) in [5.74, 6) is 0. The number of nitrogens with one attached hydrogen (secondary N) is 1. The molecule has 1 rings (SSSR count). The van der Waals surface area contributed by atoms with Crippen LogP contribution in [0.1, 0.15) is 50.4 Å².